The maximum Gasteiger partial charge on any atom is 0.0949 e. The van der Waals surface area contributed by atoms with Gasteiger partial charge in [-0.15, -0.1) is 11.3 Å². The molecule has 0 bridgehead atoms. The molecular weight excluding hydrogens is 266 g/mol. The van der Waals surface area contributed by atoms with Crippen molar-refractivity contribution in [2.75, 3.05) is 12.4 Å². The van der Waals surface area contributed by atoms with E-state index in [1.807, 2.05) is 18.2 Å². The Kier molecular flexibility index (Phi) is 5.00. The second-order valence-corrected chi connectivity index (χ2v) is 6.85. The monoisotopic (exact) mass is 283 g/mol. The highest BCUT2D eigenvalue weighted by Gasteiger charge is 2.11. The van der Waals surface area contributed by atoms with Gasteiger partial charge >= 0.3 is 0 Å². The van der Waals surface area contributed by atoms with Crippen molar-refractivity contribution in [2.24, 2.45) is 0 Å². The van der Waals surface area contributed by atoms with Gasteiger partial charge in [0.05, 0.1) is 27.9 Å². The minimum absolute atomic E-state index is 0.166. The van der Waals surface area contributed by atoms with Crippen LogP contribution in [0, 0.1) is 0 Å². The highest BCUT2D eigenvalue weighted by atomic mass is 32.2. The van der Waals surface area contributed by atoms with Gasteiger partial charge < -0.3 is 10.2 Å². The lowest BCUT2D eigenvalue weighted by Gasteiger charge is -2.11. The zero-order chi connectivity index (χ0) is 13.0. The van der Waals surface area contributed by atoms with Gasteiger partial charge in [-0.3, -0.25) is 0 Å². The second-order valence-electron chi connectivity index (χ2n) is 4.26. The number of thiazole rings is 1. The average molecular weight is 283 g/mol. The number of aliphatic hydroxyl groups excluding tert-OH is 2. The number of nitrogens with zero attached hydrogens (tertiary/aromatic N) is 1. The third-order valence-electron chi connectivity index (χ3n) is 2.58. The molecule has 2 rings (SSSR count). The molecule has 0 saturated heterocycles. The molecule has 1 heterocycles. The van der Waals surface area contributed by atoms with Crippen LogP contribution in [0.15, 0.2) is 24.3 Å². The Morgan fingerprint density at radius 3 is 2.89 bits per heavy atom. The Balaban J connectivity index is 1.92. The first-order chi connectivity index (χ1) is 8.69. The van der Waals surface area contributed by atoms with Gasteiger partial charge in [-0.05, 0) is 12.1 Å². The molecule has 0 amide bonds. The maximum absolute atomic E-state index is 9.30. The number of para-hydroxylation sites is 1. The molecular formula is C13H17NO2S2. The molecule has 3 nitrogen and oxygen atoms in total. The Labute approximate surface area is 115 Å². The summed E-state index contributed by atoms with van der Waals surface area (Å²) >= 11 is 3.40. The maximum atomic E-state index is 9.30. The predicted molar refractivity (Wildman–Crippen MR) is 78.3 cm³/mol. The van der Waals surface area contributed by atoms with Gasteiger partial charge in [0.2, 0.25) is 0 Å². The zero-order valence-corrected chi connectivity index (χ0v) is 11.9. The Morgan fingerprint density at radius 2 is 2.17 bits per heavy atom. The van der Waals surface area contributed by atoms with Crippen LogP contribution in [-0.2, 0) is 6.42 Å². The van der Waals surface area contributed by atoms with E-state index in [4.69, 9.17) is 5.11 Å². The summed E-state index contributed by atoms with van der Waals surface area (Å²) in [7, 11) is 0. The van der Waals surface area contributed by atoms with Crippen LogP contribution < -0.4 is 0 Å². The quantitative estimate of drug-likeness (QED) is 0.854. The van der Waals surface area contributed by atoms with Crippen molar-refractivity contribution in [3.63, 3.8) is 0 Å². The number of hydrogen-bond acceptors (Lipinski definition) is 5. The summed E-state index contributed by atoms with van der Waals surface area (Å²) < 4.78 is 1.22. The van der Waals surface area contributed by atoms with Crippen molar-refractivity contribution in [2.45, 2.75) is 24.7 Å². The molecule has 0 unspecified atom stereocenters. The molecule has 2 atom stereocenters. The Morgan fingerprint density at radius 1 is 1.39 bits per heavy atom. The normalized spacial score (nSPS) is 14.8. The lowest BCUT2D eigenvalue weighted by molar-refractivity contribution is 0.113. The molecule has 0 saturated carbocycles. The number of hydrogen-bond donors (Lipinski definition) is 2. The summed E-state index contributed by atoms with van der Waals surface area (Å²) in [6.07, 6.45) is 0.287. The third kappa shape index (κ3) is 3.68. The van der Waals surface area contributed by atoms with E-state index in [0.717, 1.165) is 16.9 Å². The molecule has 0 aliphatic rings. The van der Waals surface area contributed by atoms with E-state index in [2.05, 4.69) is 18.0 Å². The fraction of sp³-hybridized carbons (Fsp3) is 0.462. The van der Waals surface area contributed by atoms with Gasteiger partial charge in [0, 0.05) is 17.4 Å². The van der Waals surface area contributed by atoms with Crippen LogP contribution in [0.2, 0.25) is 0 Å². The summed E-state index contributed by atoms with van der Waals surface area (Å²) in [5.74, 6) is 0.572. The second kappa shape index (κ2) is 6.52. The molecule has 0 aliphatic carbocycles. The van der Waals surface area contributed by atoms with E-state index < -0.39 is 6.10 Å². The smallest absolute Gasteiger partial charge is 0.0949 e. The Hall–Kier alpha value is -0.620. The van der Waals surface area contributed by atoms with E-state index in [1.54, 1.807) is 23.1 Å². The molecule has 0 spiro atoms. The highest BCUT2D eigenvalue weighted by molar-refractivity contribution is 7.99. The largest absolute Gasteiger partial charge is 0.394 e. The van der Waals surface area contributed by atoms with Crippen molar-refractivity contribution in [3.8, 4) is 0 Å². The summed E-state index contributed by atoms with van der Waals surface area (Å²) in [5.41, 5.74) is 1.06. The van der Waals surface area contributed by atoms with Crippen molar-refractivity contribution < 1.29 is 10.2 Å². The predicted octanol–water partition coefficient (Wildman–Crippen LogP) is 2.31. The molecule has 18 heavy (non-hydrogen) atoms. The van der Waals surface area contributed by atoms with Crippen LogP contribution >= 0.6 is 23.1 Å². The van der Waals surface area contributed by atoms with Crippen LogP contribution in [0.1, 0.15) is 11.9 Å². The van der Waals surface area contributed by atoms with Gasteiger partial charge in [0.25, 0.3) is 0 Å². The fourth-order valence-corrected chi connectivity index (χ4v) is 3.77. The number of aliphatic hydroxyl groups is 2. The van der Waals surface area contributed by atoms with Gasteiger partial charge in [0.1, 0.15) is 0 Å². The van der Waals surface area contributed by atoms with Crippen LogP contribution in [0.3, 0.4) is 0 Å². The van der Waals surface area contributed by atoms with Crippen LogP contribution in [0.5, 0.6) is 0 Å². The average Bonchev–Trinajstić information content (AvgIpc) is 2.77. The van der Waals surface area contributed by atoms with Gasteiger partial charge in [-0.2, -0.15) is 11.8 Å². The van der Waals surface area contributed by atoms with Crippen LogP contribution in [0.4, 0.5) is 0 Å². The third-order valence-corrected chi connectivity index (χ3v) is 4.96. The number of rotatable bonds is 6. The van der Waals surface area contributed by atoms with Gasteiger partial charge in [-0.25, -0.2) is 4.98 Å². The molecule has 1 aromatic heterocycles. The topological polar surface area (TPSA) is 53.4 Å². The van der Waals surface area contributed by atoms with E-state index >= 15 is 0 Å². The van der Waals surface area contributed by atoms with Gasteiger partial charge in [-0.1, -0.05) is 19.1 Å². The number of benzene rings is 1. The summed E-state index contributed by atoms with van der Waals surface area (Å²) in [5, 5.41) is 19.6. The van der Waals surface area contributed by atoms with Crippen molar-refractivity contribution in [1.29, 1.82) is 0 Å². The molecule has 2 N–H and O–H groups in total. The van der Waals surface area contributed by atoms with Gasteiger partial charge in [0.15, 0.2) is 0 Å². The molecule has 5 heteroatoms. The lowest BCUT2D eigenvalue weighted by Crippen LogP contribution is -2.17. The first kappa shape index (κ1) is 13.8. The van der Waals surface area contributed by atoms with Crippen molar-refractivity contribution in [3.05, 3.63) is 29.3 Å². The number of thioether (sulfide) groups is 1. The van der Waals surface area contributed by atoms with E-state index in [-0.39, 0.29) is 6.61 Å². The number of fused-ring (bicyclic) bond motifs is 1. The standard InChI is InChI=1S/C13H17NO2S2/c1-9(17-8-10(16)7-15)6-13-14-11-4-2-3-5-12(11)18-13/h2-5,9-10,15-16H,6-8H2,1H3/t9-,10-/m1/s1. The van der Waals surface area contributed by atoms with E-state index in [0.29, 0.717) is 11.0 Å². The van der Waals surface area contributed by atoms with Crippen molar-refractivity contribution in [1.82, 2.24) is 4.98 Å². The minimum Gasteiger partial charge on any atom is -0.394 e. The first-order valence-corrected chi connectivity index (χ1v) is 7.80. The summed E-state index contributed by atoms with van der Waals surface area (Å²) in [6.45, 7) is 1.96. The fourth-order valence-electron chi connectivity index (χ4n) is 1.64. The van der Waals surface area contributed by atoms with Crippen LogP contribution in [0.25, 0.3) is 10.2 Å². The molecule has 0 fully saturated rings. The summed E-state index contributed by atoms with van der Waals surface area (Å²) in [6, 6.07) is 8.15. The highest BCUT2D eigenvalue weighted by Crippen LogP contribution is 2.25. The molecule has 2 aromatic rings. The lowest BCUT2D eigenvalue weighted by atomic mass is 10.3. The molecule has 0 aliphatic heterocycles. The van der Waals surface area contributed by atoms with E-state index in [9.17, 15) is 5.11 Å². The molecule has 98 valence electrons. The molecule has 1 aromatic carbocycles. The zero-order valence-electron chi connectivity index (χ0n) is 10.2. The summed E-state index contributed by atoms with van der Waals surface area (Å²) in [4.78, 5) is 4.59. The Bertz CT molecular complexity index is 467. The van der Waals surface area contributed by atoms with E-state index in [1.165, 1.54) is 4.70 Å². The first-order valence-electron chi connectivity index (χ1n) is 5.94. The van der Waals surface area contributed by atoms with Crippen molar-refractivity contribution >= 4 is 33.3 Å². The minimum atomic E-state index is -0.618. The number of aromatic nitrogens is 1. The SMILES string of the molecule is C[C@H](Cc1nc2ccccc2s1)SC[C@H](O)CO. The molecule has 0 radical (unpaired) electrons. The van der Waals surface area contributed by atoms with Crippen LogP contribution in [-0.4, -0.2) is 38.9 Å².